The van der Waals surface area contributed by atoms with E-state index in [1.54, 1.807) is 6.07 Å². The highest BCUT2D eigenvalue weighted by atomic mass is 35.5. The minimum atomic E-state index is -0.720. The highest BCUT2D eigenvalue weighted by Gasteiger charge is 2.17. The van der Waals surface area contributed by atoms with E-state index in [0.29, 0.717) is 13.7 Å². The van der Waals surface area contributed by atoms with Gasteiger partial charge in [0.1, 0.15) is 15.4 Å². The number of aromatic nitrogens is 1. The van der Waals surface area contributed by atoms with Crippen molar-refractivity contribution in [2.75, 3.05) is 0 Å². The Balaban J connectivity index is 1.93. The van der Waals surface area contributed by atoms with E-state index in [4.69, 9.17) is 23.2 Å². The van der Waals surface area contributed by atoms with Crippen LogP contribution in [0.3, 0.4) is 0 Å². The Labute approximate surface area is 134 Å². The van der Waals surface area contributed by atoms with E-state index in [1.807, 2.05) is 35.7 Å². The fraction of sp³-hybridized carbons (Fsp3) is 0.0714. The lowest BCUT2D eigenvalue weighted by Crippen LogP contribution is -1.98. The van der Waals surface area contributed by atoms with Gasteiger partial charge in [0.05, 0.1) is 10.0 Å². The second kappa shape index (κ2) is 5.84. The molecule has 1 unspecified atom stereocenters. The largest absolute Gasteiger partial charge is 0.381 e. The smallest absolute Gasteiger partial charge is 0.131 e. The van der Waals surface area contributed by atoms with Crippen LogP contribution in [0, 0.1) is 0 Å². The van der Waals surface area contributed by atoms with Crippen LogP contribution in [0.5, 0.6) is 0 Å². The molecule has 0 saturated heterocycles. The highest BCUT2D eigenvalue weighted by Crippen LogP contribution is 2.39. The van der Waals surface area contributed by atoms with Gasteiger partial charge in [-0.1, -0.05) is 53.5 Å². The minimum absolute atomic E-state index is 0.612. The number of benzene rings is 1. The van der Waals surface area contributed by atoms with E-state index in [0.717, 1.165) is 16.8 Å². The van der Waals surface area contributed by atoms with Gasteiger partial charge in [-0.2, -0.15) is 0 Å². The number of rotatable bonds is 3. The van der Waals surface area contributed by atoms with Crippen LogP contribution in [-0.2, 0) is 0 Å². The lowest BCUT2D eigenvalue weighted by Gasteiger charge is -2.06. The van der Waals surface area contributed by atoms with Crippen molar-refractivity contribution < 1.29 is 5.11 Å². The number of hydrogen-bond donors (Lipinski definition) is 1. The average Bonchev–Trinajstić information content (AvgIpc) is 3.05. The summed E-state index contributed by atoms with van der Waals surface area (Å²) in [4.78, 5) is 4.46. The molecule has 0 radical (unpaired) electrons. The topological polar surface area (TPSA) is 33.1 Å². The Hall–Kier alpha value is -0.910. The first-order valence-corrected chi connectivity index (χ1v) is 8.24. The van der Waals surface area contributed by atoms with Gasteiger partial charge in [-0.05, 0) is 11.6 Å². The predicted molar refractivity (Wildman–Crippen MR) is 86.0 cm³/mol. The van der Waals surface area contributed by atoms with Gasteiger partial charge >= 0.3 is 0 Å². The molecule has 0 fully saturated rings. The summed E-state index contributed by atoms with van der Waals surface area (Å²) < 4.78 is 1.24. The van der Waals surface area contributed by atoms with Crippen molar-refractivity contribution in [3.8, 4) is 11.3 Å². The first kappa shape index (κ1) is 14.0. The molecule has 2 heterocycles. The molecule has 102 valence electrons. The molecule has 3 rings (SSSR count). The second-order valence-corrected chi connectivity index (χ2v) is 7.30. The number of halogens is 2. The third-order valence-electron chi connectivity index (χ3n) is 2.80. The van der Waals surface area contributed by atoms with Gasteiger partial charge in [-0.3, -0.25) is 0 Å². The number of thiazole rings is 1. The third kappa shape index (κ3) is 2.75. The molecule has 0 aliphatic carbocycles. The summed E-state index contributed by atoms with van der Waals surface area (Å²) in [6.07, 6.45) is -0.720. The summed E-state index contributed by atoms with van der Waals surface area (Å²) >= 11 is 14.8. The highest BCUT2D eigenvalue weighted by molar-refractivity contribution is 7.20. The molecule has 20 heavy (non-hydrogen) atoms. The van der Waals surface area contributed by atoms with Crippen molar-refractivity contribution in [2.45, 2.75) is 6.10 Å². The van der Waals surface area contributed by atoms with E-state index in [-0.39, 0.29) is 0 Å². The van der Waals surface area contributed by atoms with E-state index >= 15 is 0 Å². The molecule has 2 nitrogen and oxygen atoms in total. The van der Waals surface area contributed by atoms with E-state index in [1.165, 1.54) is 22.7 Å². The zero-order valence-electron chi connectivity index (χ0n) is 10.1. The van der Waals surface area contributed by atoms with Crippen molar-refractivity contribution in [3.63, 3.8) is 0 Å². The van der Waals surface area contributed by atoms with Crippen LogP contribution < -0.4 is 0 Å². The zero-order valence-corrected chi connectivity index (χ0v) is 13.2. The molecule has 2 aromatic heterocycles. The predicted octanol–water partition coefficient (Wildman–Crippen LogP) is 5.26. The zero-order chi connectivity index (χ0) is 14.1. The quantitative estimate of drug-likeness (QED) is 0.704. The fourth-order valence-corrected chi connectivity index (χ4v) is 4.14. The molecular formula is C14H9Cl2NOS2. The molecule has 1 N–H and O–H groups in total. The molecule has 0 spiro atoms. The van der Waals surface area contributed by atoms with Gasteiger partial charge in [0.25, 0.3) is 0 Å². The summed E-state index contributed by atoms with van der Waals surface area (Å²) in [5.41, 5.74) is 2.38. The van der Waals surface area contributed by atoms with Crippen molar-refractivity contribution in [3.05, 3.63) is 61.0 Å². The van der Waals surface area contributed by atoms with Gasteiger partial charge in [-0.25, -0.2) is 4.98 Å². The SMILES string of the molecule is OC(c1ccccc1)c1nc(-c2cc(Cl)sc2Cl)cs1. The van der Waals surface area contributed by atoms with Crippen LogP contribution in [0.4, 0.5) is 0 Å². The first-order chi connectivity index (χ1) is 9.65. The lowest BCUT2D eigenvalue weighted by molar-refractivity contribution is 0.220. The number of thiophene rings is 1. The summed E-state index contributed by atoms with van der Waals surface area (Å²) in [6, 6.07) is 11.2. The molecular weight excluding hydrogens is 333 g/mol. The van der Waals surface area contributed by atoms with Crippen molar-refractivity contribution in [1.82, 2.24) is 4.98 Å². The van der Waals surface area contributed by atoms with Gasteiger partial charge < -0.3 is 5.11 Å². The van der Waals surface area contributed by atoms with Crippen molar-refractivity contribution >= 4 is 45.9 Å². The van der Waals surface area contributed by atoms with Gasteiger partial charge in [0.15, 0.2) is 0 Å². The maximum atomic E-state index is 10.3. The maximum Gasteiger partial charge on any atom is 0.131 e. The molecule has 6 heteroatoms. The molecule has 0 saturated carbocycles. The molecule has 0 amide bonds. The minimum Gasteiger partial charge on any atom is -0.381 e. The summed E-state index contributed by atoms with van der Waals surface area (Å²) in [5, 5.41) is 12.8. The third-order valence-corrected chi connectivity index (χ3v) is 5.19. The number of aliphatic hydroxyl groups is 1. The van der Waals surface area contributed by atoms with Crippen LogP contribution in [0.15, 0.2) is 41.8 Å². The molecule has 0 aliphatic heterocycles. The Morgan fingerprint density at radius 3 is 2.55 bits per heavy atom. The molecule has 1 atom stereocenters. The average molecular weight is 342 g/mol. The number of nitrogens with zero attached hydrogens (tertiary/aromatic N) is 1. The summed E-state index contributed by atoms with van der Waals surface area (Å²) in [7, 11) is 0. The molecule has 1 aromatic carbocycles. The second-order valence-electron chi connectivity index (χ2n) is 4.12. The number of aliphatic hydroxyl groups excluding tert-OH is 1. The van der Waals surface area contributed by atoms with E-state index in [2.05, 4.69) is 4.98 Å². The lowest BCUT2D eigenvalue weighted by atomic mass is 10.1. The van der Waals surface area contributed by atoms with Crippen LogP contribution in [0.25, 0.3) is 11.3 Å². The van der Waals surface area contributed by atoms with Gasteiger partial charge in [0.2, 0.25) is 0 Å². The Morgan fingerprint density at radius 2 is 1.90 bits per heavy atom. The Bertz CT molecular complexity index is 724. The van der Waals surface area contributed by atoms with Crippen LogP contribution in [-0.4, -0.2) is 10.1 Å². The standard InChI is InChI=1S/C14H9Cl2NOS2/c15-11-6-9(13(16)20-11)10-7-19-14(17-10)12(18)8-4-2-1-3-5-8/h1-7,12,18H. The molecule has 0 bridgehead atoms. The normalized spacial score (nSPS) is 12.6. The van der Waals surface area contributed by atoms with Crippen LogP contribution >= 0.6 is 45.9 Å². The molecule has 3 aromatic rings. The Morgan fingerprint density at radius 1 is 1.15 bits per heavy atom. The Kier molecular flexibility index (Phi) is 4.10. The van der Waals surface area contributed by atoms with Gasteiger partial charge in [0, 0.05) is 10.9 Å². The number of hydrogen-bond acceptors (Lipinski definition) is 4. The van der Waals surface area contributed by atoms with Crippen LogP contribution in [0.2, 0.25) is 8.67 Å². The fourth-order valence-electron chi connectivity index (χ4n) is 1.83. The first-order valence-electron chi connectivity index (χ1n) is 5.79. The van der Waals surface area contributed by atoms with E-state index in [9.17, 15) is 5.11 Å². The molecule has 0 aliphatic rings. The van der Waals surface area contributed by atoms with Crippen LogP contribution in [0.1, 0.15) is 16.7 Å². The summed E-state index contributed by atoms with van der Waals surface area (Å²) in [6.45, 7) is 0. The summed E-state index contributed by atoms with van der Waals surface area (Å²) in [5.74, 6) is 0. The van der Waals surface area contributed by atoms with Crippen molar-refractivity contribution in [1.29, 1.82) is 0 Å². The monoisotopic (exact) mass is 341 g/mol. The van der Waals surface area contributed by atoms with Crippen molar-refractivity contribution in [2.24, 2.45) is 0 Å². The maximum absolute atomic E-state index is 10.3. The van der Waals surface area contributed by atoms with Gasteiger partial charge in [-0.15, -0.1) is 22.7 Å². The van der Waals surface area contributed by atoms with E-state index < -0.39 is 6.10 Å².